The number of carbonyl (C=O) groups is 1. The number of hydrogen-bond donors (Lipinski definition) is 3. The van der Waals surface area contributed by atoms with Gasteiger partial charge in [0.25, 0.3) is 5.91 Å². The van der Waals surface area contributed by atoms with Crippen molar-refractivity contribution in [1.29, 1.82) is 0 Å². The topological polar surface area (TPSA) is 112 Å². The molecular formula is C12H16N4O3. The molecule has 1 saturated heterocycles. The maximum atomic E-state index is 12.2. The van der Waals surface area contributed by atoms with Crippen molar-refractivity contribution in [3.63, 3.8) is 0 Å². The minimum Gasteiger partial charge on any atom is -0.409 e. The zero-order valence-electron chi connectivity index (χ0n) is 10.4. The van der Waals surface area contributed by atoms with Crippen LogP contribution in [0.3, 0.4) is 0 Å². The second kappa shape index (κ2) is 5.55. The highest BCUT2D eigenvalue weighted by molar-refractivity contribution is 5.94. The fourth-order valence-electron chi connectivity index (χ4n) is 2.21. The first-order valence-electron chi connectivity index (χ1n) is 6.07. The number of hydrogen-bond acceptors (Lipinski definition) is 4. The quantitative estimate of drug-likeness (QED) is 0.301. The van der Waals surface area contributed by atoms with Gasteiger partial charge in [0.2, 0.25) is 0 Å². The third kappa shape index (κ3) is 2.75. The van der Waals surface area contributed by atoms with Crippen LogP contribution in [0, 0.1) is 5.92 Å². The van der Waals surface area contributed by atoms with E-state index in [9.17, 15) is 9.59 Å². The molecule has 1 aromatic rings. The van der Waals surface area contributed by atoms with Gasteiger partial charge in [0.1, 0.15) is 11.4 Å². The second-order valence-corrected chi connectivity index (χ2v) is 4.51. The van der Waals surface area contributed by atoms with E-state index in [1.165, 1.54) is 18.5 Å². The lowest BCUT2D eigenvalue weighted by atomic mass is 9.95. The number of piperidine rings is 1. The van der Waals surface area contributed by atoms with Gasteiger partial charge in [0.15, 0.2) is 5.43 Å². The first-order chi connectivity index (χ1) is 9.13. The smallest absolute Gasteiger partial charge is 0.259 e. The predicted octanol–water partition coefficient (Wildman–Crippen LogP) is -0.0265. The van der Waals surface area contributed by atoms with E-state index in [1.54, 1.807) is 4.90 Å². The molecule has 7 nitrogen and oxygen atoms in total. The highest BCUT2D eigenvalue weighted by Crippen LogP contribution is 2.18. The van der Waals surface area contributed by atoms with Gasteiger partial charge in [-0.15, -0.1) is 0 Å². The number of amides is 1. The van der Waals surface area contributed by atoms with Crippen molar-refractivity contribution in [2.24, 2.45) is 16.8 Å². The number of likely N-dealkylation sites (tertiary alicyclic amines) is 1. The summed E-state index contributed by atoms with van der Waals surface area (Å²) < 4.78 is 0. The molecule has 0 bridgehead atoms. The van der Waals surface area contributed by atoms with Crippen LogP contribution in [0.5, 0.6) is 0 Å². The van der Waals surface area contributed by atoms with Gasteiger partial charge in [-0.05, 0) is 12.8 Å². The van der Waals surface area contributed by atoms with Crippen LogP contribution in [0.4, 0.5) is 0 Å². The summed E-state index contributed by atoms with van der Waals surface area (Å²) >= 11 is 0. The van der Waals surface area contributed by atoms with E-state index in [-0.39, 0.29) is 28.7 Å². The standard InChI is InChI=1S/C12H16N4O3/c13-11(15-19)8-2-5-16(6-3-8)12(18)9-7-14-4-1-10(9)17/h1,4,7-8,19H,2-3,5-6H2,(H2,13,15)(H,14,17). The summed E-state index contributed by atoms with van der Waals surface area (Å²) in [5.74, 6) is -0.0902. The molecular weight excluding hydrogens is 248 g/mol. The maximum Gasteiger partial charge on any atom is 0.259 e. The Labute approximate surface area is 109 Å². The predicted molar refractivity (Wildman–Crippen MR) is 69.1 cm³/mol. The summed E-state index contributed by atoms with van der Waals surface area (Å²) in [6.07, 6.45) is 4.17. The SMILES string of the molecule is N/C(=N/O)C1CCN(C(=O)c2c[nH]ccc2=O)CC1. The number of carbonyl (C=O) groups excluding carboxylic acids is 1. The number of pyridine rings is 1. The van der Waals surface area contributed by atoms with Gasteiger partial charge in [-0.1, -0.05) is 5.16 Å². The Morgan fingerprint density at radius 2 is 2.16 bits per heavy atom. The molecule has 0 aliphatic carbocycles. The van der Waals surface area contributed by atoms with E-state index in [1.807, 2.05) is 0 Å². The van der Waals surface area contributed by atoms with Gasteiger partial charge >= 0.3 is 0 Å². The zero-order chi connectivity index (χ0) is 13.8. The van der Waals surface area contributed by atoms with Crippen molar-refractivity contribution in [3.8, 4) is 0 Å². The number of nitrogens with zero attached hydrogens (tertiary/aromatic N) is 2. The summed E-state index contributed by atoms with van der Waals surface area (Å²) in [5.41, 5.74) is 5.40. The Kier molecular flexibility index (Phi) is 3.84. The summed E-state index contributed by atoms with van der Waals surface area (Å²) in [4.78, 5) is 28.1. The highest BCUT2D eigenvalue weighted by atomic mass is 16.4. The number of aromatic amines is 1. The van der Waals surface area contributed by atoms with Crippen molar-refractivity contribution < 1.29 is 10.0 Å². The van der Waals surface area contributed by atoms with Gasteiger partial charge in [0.05, 0.1) is 0 Å². The molecule has 1 fully saturated rings. The molecule has 19 heavy (non-hydrogen) atoms. The molecule has 2 heterocycles. The van der Waals surface area contributed by atoms with Crippen molar-refractivity contribution >= 4 is 11.7 Å². The second-order valence-electron chi connectivity index (χ2n) is 4.51. The van der Waals surface area contributed by atoms with Crippen LogP contribution in [0.15, 0.2) is 28.4 Å². The zero-order valence-corrected chi connectivity index (χ0v) is 10.4. The Hall–Kier alpha value is -2.31. The molecule has 0 atom stereocenters. The number of nitrogens with one attached hydrogen (secondary N) is 1. The molecule has 0 saturated carbocycles. The lowest BCUT2D eigenvalue weighted by molar-refractivity contribution is 0.0707. The molecule has 7 heteroatoms. The normalized spacial score (nSPS) is 17.5. The minimum absolute atomic E-state index is 0.0110. The fraction of sp³-hybridized carbons (Fsp3) is 0.417. The Morgan fingerprint density at radius 3 is 2.74 bits per heavy atom. The van der Waals surface area contributed by atoms with Crippen LogP contribution in [-0.2, 0) is 0 Å². The van der Waals surface area contributed by atoms with Crippen LogP contribution < -0.4 is 11.2 Å². The van der Waals surface area contributed by atoms with Crippen LogP contribution in [0.25, 0.3) is 0 Å². The molecule has 0 unspecified atom stereocenters. The number of nitrogens with two attached hydrogens (primary N) is 1. The van der Waals surface area contributed by atoms with E-state index < -0.39 is 0 Å². The number of rotatable bonds is 2. The minimum atomic E-state index is -0.290. The first kappa shape index (κ1) is 13.1. The van der Waals surface area contributed by atoms with Crippen LogP contribution in [-0.4, -0.2) is 39.9 Å². The molecule has 1 aliphatic rings. The Bertz CT molecular complexity index is 544. The van der Waals surface area contributed by atoms with E-state index in [0.717, 1.165) is 0 Å². The summed E-state index contributed by atoms with van der Waals surface area (Å²) in [6.45, 7) is 0.988. The summed E-state index contributed by atoms with van der Waals surface area (Å²) in [7, 11) is 0. The molecule has 0 aromatic carbocycles. The molecule has 0 radical (unpaired) electrons. The molecule has 1 aliphatic heterocycles. The first-order valence-corrected chi connectivity index (χ1v) is 6.07. The Balaban J connectivity index is 2.04. The molecule has 2 rings (SSSR count). The van der Waals surface area contributed by atoms with Gasteiger partial charge in [-0.3, -0.25) is 9.59 Å². The monoisotopic (exact) mass is 264 g/mol. The number of H-pyrrole nitrogens is 1. The van der Waals surface area contributed by atoms with Crippen LogP contribution in [0.2, 0.25) is 0 Å². The third-order valence-electron chi connectivity index (χ3n) is 3.37. The summed E-state index contributed by atoms with van der Waals surface area (Å²) in [6, 6.07) is 1.33. The van der Waals surface area contributed by atoms with Crippen molar-refractivity contribution in [3.05, 3.63) is 34.2 Å². The molecule has 1 amide bonds. The summed E-state index contributed by atoms with van der Waals surface area (Å²) in [5, 5.41) is 11.6. The van der Waals surface area contributed by atoms with E-state index in [2.05, 4.69) is 10.1 Å². The van der Waals surface area contributed by atoms with Gasteiger partial charge in [0, 0.05) is 37.5 Å². The van der Waals surface area contributed by atoms with Gasteiger partial charge in [-0.2, -0.15) is 0 Å². The van der Waals surface area contributed by atoms with Crippen molar-refractivity contribution in [2.45, 2.75) is 12.8 Å². The van der Waals surface area contributed by atoms with E-state index >= 15 is 0 Å². The number of oxime groups is 1. The number of aromatic nitrogens is 1. The average Bonchev–Trinajstić information content (AvgIpc) is 2.46. The number of amidine groups is 1. The maximum absolute atomic E-state index is 12.2. The average molecular weight is 264 g/mol. The third-order valence-corrected chi connectivity index (χ3v) is 3.37. The van der Waals surface area contributed by atoms with Gasteiger partial charge in [-0.25, -0.2) is 0 Å². The molecule has 102 valence electrons. The fourth-order valence-corrected chi connectivity index (χ4v) is 2.21. The molecule has 1 aromatic heterocycles. The molecule has 0 spiro atoms. The van der Waals surface area contributed by atoms with Crippen molar-refractivity contribution in [2.75, 3.05) is 13.1 Å². The van der Waals surface area contributed by atoms with E-state index in [4.69, 9.17) is 10.9 Å². The lowest BCUT2D eigenvalue weighted by Crippen LogP contribution is -2.43. The largest absolute Gasteiger partial charge is 0.409 e. The lowest BCUT2D eigenvalue weighted by Gasteiger charge is -2.31. The van der Waals surface area contributed by atoms with E-state index in [0.29, 0.717) is 25.9 Å². The van der Waals surface area contributed by atoms with Crippen LogP contribution in [0.1, 0.15) is 23.2 Å². The van der Waals surface area contributed by atoms with Gasteiger partial charge < -0.3 is 20.8 Å². The molecule has 4 N–H and O–H groups in total. The Morgan fingerprint density at radius 1 is 1.47 bits per heavy atom. The van der Waals surface area contributed by atoms with Crippen molar-refractivity contribution in [1.82, 2.24) is 9.88 Å². The highest BCUT2D eigenvalue weighted by Gasteiger charge is 2.26. The van der Waals surface area contributed by atoms with Crippen LogP contribution >= 0.6 is 0 Å².